The molecule has 0 aliphatic heterocycles. The first-order valence-corrected chi connectivity index (χ1v) is 3.94. The van der Waals surface area contributed by atoms with E-state index in [0.29, 0.717) is 12.0 Å². The Bertz CT molecular complexity index is 83.3. The average molecular weight is 145 g/mol. The van der Waals surface area contributed by atoms with Crippen LogP contribution in [0.4, 0.5) is 0 Å². The summed E-state index contributed by atoms with van der Waals surface area (Å²) in [5, 5.41) is 12.0. The monoisotopic (exact) mass is 145 g/mol. The summed E-state index contributed by atoms with van der Waals surface area (Å²) in [5.41, 5.74) is 0. The van der Waals surface area contributed by atoms with Gasteiger partial charge in [0.15, 0.2) is 0 Å². The molecule has 0 rings (SSSR count). The van der Waals surface area contributed by atoms with E-state index in [0.717, 1.165) is 0 Å². The minimum Gasteiger partial charge on any atom is -0.395 e. The molecule has 0 saturated heterocycles. The van der Waals surface area contributed by atoms with Gasteiger partial charge >= 0.3 is 0 Å². The molecule has 0 aromatic rings. The van der Waals surface area contributed by atoms with E-state index >= 15 is 0 Å². The van der Waals surface area contributed by atoms with Gasteiger partial charge in [0.05, 0.1) is 6.61 Å². The van der Waals surface area contributed by atoms with Crippen molar-refractivity contribution in [2.24, 2.45) is 5.92 Å². The second-order valence-electron chi connectivity index (χ2n) is 3.28. The van der Waals surface area contributed by atoms with Crippen molar-refractivity contribution in [3.8, 4) is 0 Å². The largest absolute Gasteiger partial charge is 0.395 e. The quantitative estimate of drug-likeness (QED) is 0.618. The summed E-state index contributed by atoms with van der Waals surface area (Å²) < 4.78 is 0. The topological polar surface area (TPSA) is 32.3 Å². The van der Waals surface area contributed by atoms with Crippen molar-refractivity contribution in [3.63, 3.8) is 0 Å². The minimum atomic E-state index is 0.219. The van der Waals surface area contributed by atoms with Crippen molar-refractivity contribution < 1.29 is 5.11 Å². The van der Waals surface area contributed by atoms with Gasteiger partial charge in [-0.15, -0.1) is 0 Å². The minimum absolute atomic E-state index is 0.219. The molecule has 2 unspecified atom stereocenters. The van der Waals surface area contributed by atoms with Gasteiger partial charge in [-0.25, -0.2) is 0 Å². The molecule has 0 aromatic carbocycles. The Balaban J connectivity index is 3.46. The first-order chi connectivity index (χ1) is 4.57. The molecule has 62 valence electrons. The molecule has 2 atom stereocenters. The van der Waals surface area contributed by atoms with Gasteiger partial charge in [0.2, 0.25) is 0 Å². The normalized spacial score (nSPS) is 17.4. The molecule has 2 nitrogen and oxygen atoms in total. The summed E-state index contributed by atoms with van der Waals surface area (Å²) in [6.07, 6.45) is 0. The molecular formula is C8H19NO. The van der Waals surface area contributed by atoms with Gasteiger partial charge in [0.25, 0.3) is 0 Å². The third kappa shape index (κ3) is 3.85. The summed E-state index contributed by atoms with van der Waals surface area (Å²) >= 11 is 0. The molecule has 0 heterocycles. The van der Waals surface area contributed by atoms with E-state index in [1.165, 1.54) is 0 Å². The summed E-state index contributed by atoms with van der Waals surface area (Å²) in [7, 11) is 0. The van der Waals surface area contributed by atoms with Crippen LogP contribution < -0.4 is 5.32 Å². The maximum absolute atomic E-state index is 8.70. The highest BCUT2D eigenvalue weighted by Crippen LogP contribution is 2.00. The molecule has 0 aromatic heterocycles. The smallest absolute Gasteiger partial charge is 0.0582 e. The van der Waals surface area contributed by atoms with E-state index in [-0.39, 0.29) is 12.6 Å². The number of aliphatic hydroxyl groups is 1. The molecule has 0 saturated carbocycles. The molecular weight excluding hydrogens is 126 g/mol. The van der Waals surface area contributed by atoms with Crippen LogP contribution in [0.25, 0.3) is 0 Å². The van der Waals surface area contributed by atoms with E-state index in [4.69, 9.17) is 5.11 Å². The Labute approximate surface area is 63.6 Å². The predicted molar refractivity (Wildman–Crippen MR) is 44.0 cm³/mol. The maximum Gasteiger partial charge on any atom is 0.0582 e. The summed E-state index contributed by atoms with van der Waals surface area (Å²) in [5.74, 6) is 0.633. The van der Waals surface area contributed by atoms with Crippen LogP contribution in [0.5, 0.6) is 0 Å². The predicted octanol–water partition coefficient (Wildman–Crippen LogP) is 1.00. The fourth-order valence-electron chi connectivity index (χ4n) is 0.694. The van der Waals surface area contributed by atoms with Crippen LogP contribution in [-0.2, 0) is 0 Å². The lowest BCUT2D eigenvalue weighted by Crippen LogP contribution is -2.39. The van der Waals surface area contributed by atoms with Crippen molar-refractivity contribution in [3.05, 3.63) is 0 Å². The number of nitrogens with one attached hydrogen (secondary N) is 1. The highest BCUT2D eigenvalue weighted by molar-refractivity contribution is 4.68. The van der Waals surface area contributed by atoms with Crippen molar-refractivity contribution in [2.75, 3.05) is 6.61 Å². The van der Waals surface area contributed by atoms with Gasteiger partial charge in [-0.3, -0.25) is 0 Å². The molecule has 2 heteroatoms. The van der Waals surface area contributed by atoms with E-state index in [1.54, 1.807) is 0 Å². The van der Waals surface area contributed by atoms with Crippen LogP contribution in [0.1, 0.15) is 27.7 Å². The fraction of sp³-hybridized carbons (Fsp3) is 1.00. The van der Waals surface area contributed by atoms with Crippen LogP contribution in [0, 0.1) is 5.92 Å². The van der Waals surface area contributed by atoms with E-state index in [2.05, 4.69) is 26.1 Å². The molecule has 10 heavy (non-hydrogen) atoms. The van der Waals surface area contributed by atoms with E-state index in [1.807, 2.05) is 6.92 Å². The zero-order valence-corrected chi connectivity index (χ0v) is 7.39. The molecule has 0 bridgehead atoms. The van der Waals surface area contributed by atoms with Gasteiger partial charge in [0, 0.05) is 12.1 Å². The standard InChI is InChI=1S/C8H19NO/c1-6(2)8(4)9-7(3)5-10/h6-10H,5H2,1-4H3. The third-order valence-electron chi connectivity index (χ3n) is 1.82. The molecule has 0 aliphatic rings. The van der Waals surface area contributed by atoms with Crippen molar-refractivity contribution >= 4 is 0 Å². The van der Waals surface area contributed by atoms with Crippen LogP contribution in [0.2, 0.25) is 0 Å². The fourth-order valence-corrected chi connectivity index (χ4v) is 0.694. The lowest BCUT2D eigenvalue weighted by atomic mass is 10.1. The zero-order chi connectivity index (χ0) is 8.15. The Morgan fingerprint density at radius 1 is 1.20 bits per heavy atom. The molecule has 0 aliphatic carbocycles. The molecule has 0 spiro atoms. The SMILES string of the molecule is CC(CO)NC(C)C(C)C. The van der Waals surface area contributed by atoms with Gasteiger partial charge in [-0.05, 0) is 19.8 Å². The summed E-state index contributed by atoms with van der Waals surface area (Å²) in [6, 6.07) is 0.708. The average Bonchev–Trinajstić information content (AvgIpc) is 1.87. The first kappa shape index (κ1) is 9.92. The lowest BCUT2D eigenvalue weighted by Gasteiger charge is -2.21. The van der Waals surface area contributed by atoms with Crippen LogP contribution in [0.15, 0.2) is 0 Å². The number of hydrogen-bond donors (Lipinski definition) is 2. The van der Waals surface area contributed by atoms with Crippen molar-refractivity contribution in [1.29, 1.82) is 0 Å². The molecule has 0 fully saturated rings. The highest BCUT2D eigenvalue weighted by atomic mass is 16.3. The third-order valence-corrected chi connectivity index (χ3v) is 1.82. The number of rotatable bonds is 4. The summed E-state index contributed by atoms with van der Waals surface area (Å²) in [6.45, 7) is 8.68. The van der Waals surface area contributed by atoms with Crippen LogP contribution in [-0.4, -0.2) is 23.8 Å². The Morgan fingerprint density at radius 3 is 2.00 bits per heavy atom. The van der Waals surface area contributed by atoms with Crippen molar-refractivity contribution in [1.82, 2.24) is 5.32 Å². The van der Waals surface area contributed by atoms with Gasteiger partial charge < -0.3 is 10.4 Å². The number of hydrogen-bond acceptors (Lipinski definition) is 2. The second-order valence-corrected chi connectivity index (χ2v) is 3.28. The van der Waals surface area contributed by atoms with Gasteiger partial charge in [-0.1, -0.05) is 13.8 Å². The van der Waals surface area contributed by atoms with E-state index < -0.39 is 0 Å². The zero-order valence-electron chi connectivity index (χ0n) is 7.39. The maximum atomic E-state index is 8.70. The Morgan fingerprint density at radius 2 is 1.70 bits per heavy atom. The highest BCUT2D eigenvalue weighted by Gasteiger charge is 2.08. The second kappa shape index (κ2) is 4.69. The van der Waals surface area contributed by atoms with Crippen molar-refractivity contribution in [2.45, 2.75) is 39.8 Å². The Kier molecular flexibility index (Phi) is 4.65. The Hall–Kier alpha value is -0.0800. The van der Waals surface area contributed by atoms with Crippen LogP contribution >= 0.6 is 0 Å². The molecule has 0 amide bonds. The molecule has 0 radical (unpaired) electrons. The first-order valence-electron chi connectivity index (χ1n) is 3.94. The van der Waals surface area contributed by atoms with Crippen LogP contribution in [0.3, 0.4) is 0 Å². The number of aliphatic hydroxyl groups excluding tert-OH is 1. The lowest BCUT2D eigenvalue weighted by molar-refractivity contribution is 0.233. The molecule has 2 N–H and O–H groups in total. The summed E-state index contributed by atoms with van der Waals surface area (Å²) in [4.78, 5) is 0. The van der Waals surface area contributed by atoms with Gasteiger partial charge in [0.1, 0.15) is 0 Å². The van der Waals surface area contributed by atoms with Gasteiger partial charge in [-0.2, -0.15) is 0 Å². The van der Waals surface area contributed by atoms with E-state index in [9.17, 15) is 0 Å².